The standard InChI is InChI=1S/C11H14N2/c1-3-9-13(2)10-6-11-4-7-12-8-5-11/h1,4-5,7-8H,6,9-10H2,2H3. The first-order chi connectivity index (χ1) is 6.33. The highest BCUT2D eigenvalue weighted by atomic mass is 15.1. The van der Waals surface area contributed by atoms with Gasteiger partial charge in [0, 0.05) is 18.9 Å². The van der Waals surface area contributed by atoms with E-state index in [4.69, 9.17) is 6.42 Å². The van der Waals surface area contributed by atoms with Gasteiger partial charge in [-0.2, -0.15) is 0 Å². The SMILES string of the molecule is C#CCN(C)CCc1ccncc1. The van der Waals surface area contributed by atoms with Crippen LogP contribution in [0.25, 0.3) is 0 Å². The number of hydrogen-bond donors (Lipinski definition) is 0. The van der Waals surface area contributed by atoms with E-state index in [1.165, 1.54) is 5.56 Å². The molecule has 0 bridgehead atoms. The highest BCUT2D eigenvalue weighted by Gasteiger charge is 1.96. The molecule has 0 saturated carbocycles. The van der Waals surface area contributed by atoms with E-state index in [1.807, 2.05) is 31.6 Å². The molecule has 0 saturated heterocycles. The van der Waals surface area contributed by atoms with Crippen LogP contribution in [0.15, 0.2) is 24.5 Å². The van der Waals surface area contributed by atoms with Crippen LogP contribution in [-0.4, -0.2) is 30.0 Å². The second-order valence-corrected chi connectivity index (χ2v) is 3.05. The van der Waals surface area contributed by atoms with E-state index < -0.39 is 0 Å². The van der Waals surface area contributed by atoms with Crippen molar-refractivity contribution in [3.63, 3.8) is 0 Å². The van der Waals surface area contributed by atoms with Crippen LogP contribution in [0.2, 0.25) is 0 Å². The Morgan fingerprint density at radius 2 is 2.15 bits per heavy atom. The van der Waals surface area contributed by atoms with E-state index >= 15 is 0 Å². The van der Waals surface area contributed by atoms with Crippen LogP contribution in [0.5, 0.6) is 0 Å². The lowest BCUT2D eigenvalue weighted by Gasteiger charge is -2.12. The lowest BCUT2D eigenvalue weighted by Crippen LogP contribution is -2.21. The van der Waals surface area contributed by atoms with Gasteiger partial charge in [0.1, 0.15) is 0 Å². The number of hydrogen-bond acceptors (Lipinski definition) is 2. The van der Waals surface area contributed by atoms with Gasteiger partial charge in [-0.1, -0.05) is 5.92 Å². The first kappa shape index (κ1) is 9.76. The first-order valence-electron chi connectivity index (χ1n) is 4.34. The van der Waals surface area contributed by atoms with E-state index in [2.05, 4.69) is 15.8 Å². The van der Waals surface area contributed by atoms with Gasteiger partial charge in [-0.3, -0.25) is 9.88 Å². The third-order valence-corrected chi connectivity index (χ3v) is 1.89. The Morgan fingerprint density at radius 1 is 1.46 bits per heavy atom. The number of pyridine rings is 1. The van der Waals surface area contributed by atoms with Crippen molar-refractivity contribution >= 4 is 0 Å². The van der Waals surface area contributed by atoms with Crippen LogP contribution in [0.1, 0.15) is 5.56 Å². The topological polar surface area (TPSA) is 16.1 Å². The summed E-state index contributed by atoms with van der Waals surface area (Å²) in [6.07, 6.45) is 9.86. The molecule has 0 aromatic carbocycles. The Kier molecular flexibility index (Phi) is 4.01. The van der Waals surface area contributed by atoms with Gasteiger partial charge in [0.25, 0.3) is 0 Å². The first-order valence-corrected chi connectivity index (χ1v) is 4.34. The van der Waals surface area contributed by atoms with E-state index in [0.29, 0.717) is 6.54 Å². The summed E-state index contributed by atoms with van der Waals surface area (Å²) in [6.45, 7) is 1.71. The van der Waals surface area contributed by atoms with Crippen LogP contribution in [-0.2, 0) is 6.42 Å². The molecule has 68 valence electrons. The second-order valence-electron chi connectivity index (χ2n) is 3.05. The molecule has 1 heterocycles. The van der Waals surface area contributed by atoms with Crippen molar-refractivity contribution in [3.8, 4) is 12.3 Å². The van der Waals surface area contributed by atoms with Crippen molar-refractivity contribution in [2.75, 3.05) is 20.1 Å². The summed E-state index contributed by atoms with van der Waals surface area (Å²) in [4.78, 5) is 6.09. The fourth-order valence-electron chi connectivity index (χ4n) is 1.10. The fraction of sp³-hybridized carbons (Fsp3) is 0.364. The van der Waals surface area contributed by atoms with E-state index in [-0.39, 0.29) is 0 Å². The Morgan fingerprint density at radius 3 is 2.77 bits per heavy atom. The summed E-state index contributed by atoms with van der Waals surface area (Å²) < 4.78 is 0. The molecule has 0 aliphatic heterocycles. The smallest absolute Gasteiger partial charge is 0.0596 e. The zero-order chi connectivity index (χ0) is 9.52. The van der Waals surface area contributed by atoms with Crippen molar-refractivity contribution in [1.29, 1.82) is 0 Å². The predicted molar refractivity (Wildman–Crippen MR) is 54.3 cm³/mol. The van der Waals surface area contributed by atoms with Gasteiger partial charge < -0.3 is 0 Å². The van der Waals surface area contributed by atoms with Crippen LogP contribution in [0, 0.1) is 12.3 Å². The fourth-order valence-corrected chi connectivity index (χ4v) is 1.10. The molecule has 0 unspecified atom stereocenters. The van der Waals surface area contributed by atoms with E-state index in [9.17, 15) is 0 Å². The zero-order valence-corrected chi connectivity index (χ0v) is 7.90. The highest BCUT2D eigenvalue weighted by Crippen LogP contribution is 1.98. The minimum absolute atomic E-state index is 0.713. The van der Waals surface area contributed by atoms with Gasteiger partial charge in [0.2, 0.25) is 0 Å². The molecule has 2 nitrogen and oxygen atoms in total. The molecule has 1 rings (SSSR count). The molecule has 0 radical (unpaired) electrons. The molecule has 0 amide bonds. The van der Waals surface area contributed by atoms with Gasteiger partial charge in [-0.25, -0.2) is 0 Å². The van der Waals surface area contributed by atoms with Crippen LogP contribution in [0.3, 0.4) is 0 Å². The lowest BCUT2D eigenvalue weighted by molar-refractivity contribution is 0.381. The number of likely N-dealkylation sites (N-methyl/N-ethyl adjacent to an activating group) is 1. The summed E-state index contributed by atoms with van der Waals surface area (Å²) in [5, 5.41) is 0. The van der Waals surface area contributed by atoms with Crippen molar-refractivity contribution in [3.05, 3.63) is 30.1 Å². The van der Waals surface area contributed by atoms with Crippen LogP contribution in [0.4, 0.5) is 0 Å². The van der Waals surface area contributed by atoms with Gasteiger partial charge in [-0.05, 0) is 31.2 Å². The second kappa shape index (κ2) is 5.34. The molecule has 2 heteroatoms. The molecular weight excluding hydrogens is 160 g/mol. The highest BCUT2D eigenvalue weighted by molar-refractivity contribution is 5.09. The number of aromatic nitrogens is 1. The molecular formula is C11H14N2. The maximum atomic E-state index is 5.20. The molecule has 13 heavy (non-hydrogen) atoms. The molecule has 0 aliphatic rings. The quantitative estimate of drug-likeness (QED) is 0.637. The maximum Gasteiger partial charge on any atom is 0.0596 e. The number of rotatable bonds is 4. The maximum absolute atomic E-state index is 5.20. The molecule has 0 spiro atoms. The van der Waals surface area contributed by atoms with Crippen LogP contribution < -0.4 is 0 Å². The normalized spacial score (nSPS) is 9.92. The molecule has 0 N–H and O–H groups in total. The summed E-state index contributed by atoms with van der Waals surface area (Å²) >= 11 is 0. The minimum Gasteiger partial charge on any atom is -0.295 e. The molecule has 0 aliphatic carbocycles. The van der Waals surface area contributed by atoms with Gasteiger partial charge >= 0.3 is 0 Å². The average Bonchev–Trinajstić information content (AvgIpc) is 2.17. The molecule has 0 fully saturated rings. The van der Waals surface area contributed by atoms with Crippen molar-refractivity contribution in [2.45, 2.75) is 6.42 Å². The summed E-state index contributed by atoms with van der Waals surface area (Å²) in [5.74, 6) is 2.62. The van der Waals surface area contributed by atoms with E-state index in [0.717, 1.165) is 13.0 Å². The number of nitrogens with zero attached hydrogens (tertiary/aromatic N) is 2. The van der Waals surface area contributed by atoms with Gasteiger partial charge in [0.15, 0.2) is 0 Å². The van der Waals surface area contributed by atoms with Crippen molar-refractivity contribution in [1.82, 2.24) is 9.88 Å². The molecule has 1 aromatic rings. The third kappa shape index (κ3) is 3.73. The average molecular weight is 174 g/mol. The molecule has 0 atom stereocenters. The van der Waals surface area contributed by atoms with Gasteiger partial charge in [-0.15, -0.1) is 6.42 Å². The third-order valence-electron chi connectivity index (χ3n) is 1.89. The minimum atomic E-state index is 0.713. The monoisotopic (exact) mass is 174 g/mol. The Balaban J connectivity index is 2.32. The Labute approximate surface area is 79.6 Å². The predicted octanol–water partition coefficient (Wildman–Crippen LogP) is 1.19. The summed E-state index contributed by atoms with van der Waals surface area (Å²) in [5.41, 5.74) is 1.30. The zero-order valence-electron chi connectivity index (χ0n) is 7.90. The van der Waals surface area contributed by atoms with Crippen LogP contribution >= 0.6 is 0 Å². The Bertz CT molecular complexity index is 274. The van der Waals surface area contributed by atoms with Crippen molar-refractivity contribution < 1.29 is 0 Å². The Hall–Kier alpha value is -1.33. The largest absolute Gasteiger partial charge is 0.295 e. The van der Waals surface area contributed by atoms with Crippen molar-refractivity contribution in [2.24, 2.45) is 0 Å². The number of terminal acetylenes is 1. The summed E-state index contributed by atoms with van der Waals surface area (Å²) in [6, 6.07) is 4.06. The van der Waals surface area contributed by atoms with Gasteiger partial charge in [0.05, 0.1) is 6.54 Å². The lowest BCUT2D eigenvalue weighted by atomic mass is 10.2. The van der Waals surface area contributed by atoms with E-state index in [1.54, 1.807) is 0 Å². The summed E-state index contributed by atoms with van der Waals surface area (Å²) in [7, 11) is 2.03. The molecule has 1 aromatic heterocycles.